The summed E-state index contributed by atoms with van der Waals surface area (Å²) in [4.78, 5) is 0. The Morgan fingerprint density at radius 3 is 1.77 bits per heavy atom. The third kappa shape index (κ3) is 3.08. The second kappa shape index (κ2) is 6.95. The van der Waals surface area contributed by atoms with Gasteiger partial charge in [0.25, 0.3) is 0 Å². The van der Waals surface area contributed by atoms with E-state index in [0.717, 1.165) is 27.8 Å². The molecule has 0 fully saturated rings. The summed E-state index contributed by atoms with van der Waals surface area (Å²) in [5, 5.41) is 12.0. The maximum atomic E-state index is 13.7. The van der Waals surface area contributed by atoms with Crippen molar-refractivity contribution in [1.82, 2.24) is 10.2 Å². The number of hydrogen-bond donors (Lipinski definition) is 0. The number of aromatic nitrogens is 2. The summed E-state index contributed by atoms with van der Waals surface area (Å²) >= 11 is 0. The zero-order chi connectivity index (χ0) is 20.7. The average Bonchev–Trinajstić information content (AvgIpc) is 2.77. The first kappa shape index (κ1) is 18.3. The summed E-state index contributed by atoms with van der Waals surface area (Å²) in [5.74, 6) is 0. The fraction of sp³-hybridized carbons (Fsp3) is 0.0400. The first-order chi connectivity index (χ1) is 14.5. The van der Waals surface area contributed by atoms with E-state index in [0.29, 0.717) is 11.1 Å². The van der Waals surface area contributed by atoms with Crippen molar-refractivity contribution < 1.29 is 13.2 Å². The van der Waals surface area contributed by atoms with Gasteiger partial charge < -0.3 is 0 Å². The fourth-order valence-electron chi connectivity index (χ4n) is 3.78. The molecule has 0 amide bonds. The Kier molecular flexibility index (Phi) is 4.24. The molecule has 4 aromatic carbocycles. The number of hydrogen-bond acceptors (Lipinski definition) is 2. The van der Waals surface area contributed by atoms with Crippen molar-refractivity contribution in [3.05, 3.63) is 96.6 Å². The lowest BCUT2D eigenvalue weighted by molar-refractivity contribution is -0.137. The highest BCUT2D eigenvalue weighted by atomic mass is 19.4. The minimum atomic E-state index is -4.49. The predicted octanol–water partition coefficient (Wildman–Crippen LogP) is 7.14. The van der Waals surface area contributed by atoms with Crippen LogP contribution in [0.15, 0.2) is 91.0 Å². The number of benzene rings is 4. The molecule has 0 saturated carbocycles. The van der Waals surface area contributed by atoms with Gasteiger partial charge in [-0.2, -0.15) is 13.2 Å². The molecule has 0 aliphatic heterocycles. The van der Waals surface area contributed by atoms with Gasteiger partial charge in [0.15, 0.2) is 0 Å². The van der Waals surface area contributed by atoms with E-state index in [1.807, 2.05) is 66.7 Å². The molecule has 5 rings (SSSR count). The molecule has 0 aliphatic carbocycles. The lowest BCUT2D eigenvalue weighted by atomic mass is 9.95. The number of fused-ring (bicyclic) bond motifs is 2. The van der Waals surface area contributed by atoms with Crippen LogP contribution in [0.1, 0.15) is 5.56 Å². The van der Waals surface area contributed by atoms with Crippen LogP contribution in [0.5, 0.6) is 0 Å². The molecule has 5 heteroatoms. The van der Waals surface area contributed by atoms with Crippen LogP contribution in [0, 0.1) is 0 Å². The molecule has 146 valence electrons. The predicted molar refractivity (Wildman–Crippen MR) is 113 cm³/mol. The van der Waals surface area contributed by atoms with E-state index in [2.05, 4.69) is 10.2 Å². The van der Waals surface area contributed by atoms with Gasteiger partial charge in [-0.05, 0) is 29.0 Å². The fourth-order valence-corrected chi connectivity index (χ4v) is 3.78. The highest BCUT2D eigenvalue weighted by molar-refractivity contribution is 6.08. The van der Waals surface area contributed by atoms with Gasteiger partial charge in [0, 0.05) is 21.9 Å². The Morgan fingerprint density at radius 1 is 0.567 bits per heavy atom. The van der Waals surface area contributed by atoms with E-state index < -0.39 is 11.7 Å². The van der Waals surface area contributed by atoms with Crippen molar-refractivity contribution in [2.75, 3.05) is 0 Å². The van der Waals surface area contributed by atoms with Crippen molar-refractivity contribution in [2.45, 2.75) is 6.18 Å². The topological polar surface area (TPSA) is 25.8 Å². The third-order valence-corrected chi connectivity index (χ3v) is 5.18. The number of nitrogens with zero attached hydrogens (tertiary/aromatic N) is 2. The van der Waals surface area contributed by atoms with E-state index in [-0.39, 0.29) is 11.3 Å². The SMILES string of the molecule is FC(F)(F)c1ccccc1-c1nnc(-c2ccccc2)c2cc3ccccc3cc12. The van der Waals surface area contributed by atoms with Crippen LogP contribution < -0.4 is 0 Å². The van der Waals surface area contributed by atoms with E-state index in [9.17, 15) is 13.2 Å². The Morgan fingerprint density at radius 2 is 1.10 bits per heavy atom. The van der Waals surface area contributed by atoms with Crippen molar-refractivity contribution in [3.8, 4) is 22.5 Å². The van der Waals surface area contributed by atoms with Crippen LogP contribution in [0.4, 0.5) is 13.2 Å². The number of alkyl halides is 3. The summed E-state index contributed by atoms with van der Waals surface area (Å²) < 4.78 is 41.0. The van der Waals surface area contributed by atoms with E-state index in [1.54, 1.807) is 6.07 Å². The third-order valence-electron chi connectivity index (χ3n) is 5.18. The van der Waals surface area contributed by atoms with E-state index in [1.165, 1.54) is 12.1 Å². The molecule has 5 aromatic rings. The molecular formula is C25H15F3N2. The van der Waals surface area contributed by atoms with Crippen molar-refractivity contribution in [3.63, 3.8) is 0 Å². The summed E-state index contributed by atoms with van der Waals surface area (Å²) in [6, 6.07) is 26.7. The van der Waals surface area contributed by atoms with Crippen LogP contribution in [-0.4, -0.2) is 10.2 Å². The largest absolute Gasteiger partial charge is 0.417 e. The quantitative estimate of drug-likeness (QED) is 0.294. The molecule has 0 atom stereocenters. The van der Waals surface area contributed by atoms with Crippen molar-refractivity contribution >= 4 is 21.5 Å². The van der Waals surface area contributed by atoms with Crippen LogP contribution in [0.25, 0.3) is 44.1 Å². The van der Waals surface area contributed by atoms with Gasteiger partial charge in [-0.3, -0.25) is 0 Å². The smallest absolute Gasteiger partial charge is 0.166 e. The number of halogens is 3. The first-order valence-electron chi connectivity index (χ1n) is 9.43. The minimum Gasteiger partial charge on any atom is -0.166 e. The molecule has 0 spiro atoms. The molecule has 1 aromatic heterocycles. The molecular weight excluding hydrogens is 385 g/mol. The molecule has 0 N–H and O–H groups in total. The molecule has 0 saturated heterocycles. The Balaban J connectivity index is 1.89. The summed E-state index contributed by atoms with van der Waals surface area (Å²) in [6.07, 6.45) is -4.49. The summed E-state index contributed by atoms with van der Waals surface area (Å²) in [7, 11) is 0. The van der Waals surface area contributed by atoms with Crippen LogP contribution in [-0.2, 0) is 6.18 Å². The van der Waals surface area contributed by atoms with Crippen LogP contribution in [0.2, 0.25) is 0 Å². The molecule has 30 heavy (non-hydrogen) atoms. The maximum absolute atomic E-state index is 13.7. The average molecular weight is 400 g/mol. The highest BCUT2D eigenvalue weighted by Gasteiger charge is 2.34. The molecule has 0 aliphatic rings. The van der Waals surface area contributed by atoms with Crippen LogP contribution in [0.3, 0.4) is 0 Å². The second-order valence-corrected chi connectivity index (χ2v) is 7.05. The minimum absolute atomic E-state index is 0.0254. The van der Waals surface area contributed by atoms with Gasteiger partial charge in [0.1, 0.15) is 11.4 Å². The van der Waals surface area contributed by atoms with Crippen LogP contribution >= 0.6 is 0 Å². The van der Waals surface area contributed by atoms with Crippen molar-refractivity contribution in [1.29, 1.82) is 0 Å². The first-order valence-corrected chi connectivity index (χ1v) is 9.43. The lowest BCUT2D eigenvalue weighted by Gasteiger charge is -2.15. The molecule has 0 bridgehead atoms. The van der Waals surface area contributed by atoms with Gasteiger partial charge >= 0.3 is 6.18 Å². The van der Waals surface area contributed by atoms with Gasteiger partial charge in [-0.15, -0.1) is 10.2 Å². The van der Waals surface area contributed by atoms with Gasteiger partial charge in [-0.1, -0.05) is 72.8 Å². The Bertz CT molecular complexity index is 1380. The van der Waals surface area contributed by atoms with Gasteiger partial charge in [-0.25, -0.2) is 0 Å². The van der Waals surface area contributed by atoms with E-state index in [4.69, 9.17) is 0 Å². The normalized spacial score (nSPS) is 11.8. The zero-order valence-electron chi connectivity index (χ0n) is 15.7. The van der Waals surface area contributed by atoms with Gasteiger partial charge in [0.05, 0.1) is 5.56 Å². The van der Waals surface area contributed by atoms with Crippen molar-refractivity contribution in [2.24, 2.45) is 0 Å². The summed E-state index contributed by atoms with van der Waals surface area (Å²) in [5.41, 5.74) is 1.03. The molecule has 1 heterocycles. The molecule has 0 unspecified atom stereocenters. The molecule has 0 radical (unpaired) electrons. The Labute approximate surface area is 170 Å². The van der Waals surface area contributed by atoms with E-state index >= 15 is 0 Å². The molecule has 2 nitrogen and oxygen atoms in total. The number of rotatable bonds is 2. The Hall–Kier alpha value is -3.73. The summed E-state index contributed by atoms with van der Waals surface area (Å²) in [6.45, 7) is 0. The lowest BCUT2D eigenvalue weighted by Crippen LogP contribution is -2.08. The highest BCUT2D eigenvalue weighted by Crippen LogP contribution is 2.40. The maximum Gasteiger partial charge on any atom is 0.417 e. The standard InChI is InChI=1S/C25H15F3N2/c26-25(27,28)22-13-7-6-12-19(22)24-21-15-18-11-5-4-10-17(18)14-20(21)23(29-30-24)16-8-2-1-3-9-16/h1-15H. The second-order valence-electron chi connectivity index (χ2n) is 7.05. The monoisotopic (exact) mass is 400 g/mol. The van der Waals surface area contributed by atoms with Gasteiger partial charge in [0.2, 0.25) is 0 Å². The zero-order valence-corrected chi connectivity index (χ0v) is 15.7.